The van der Waals surface area contributed by atoms with E-state index in [1.54, 1.807) is 0 Å². The summed E-state index contributed by atoms with van der Waals surface area (Å²) in [4.78, 5) is 36.1. The summed E-state index contributed by atoms with van der Waals surface area (Å²) in [5.74, 6) is -0.574. The van der Waals surface area contributed by atoms with Crippen LogP contribution < -0.4 is 5.32 Å². The Kier molecular flexibility index (Phi) is 7.96. The average Bonchev–Trinajstić information content (AvgIpc) is 3.16. The average molecular weight is 476 g/mol. The first-order valence-corrected chi connectivity index (χ1v) is 12.5. The summed E-state index contributed by atoms with van der Waals surface area (Å²) >= 11 is 0. The third kappa shape index (κ3) is 5.24. The van der Waals surface area contributed by atoms with E-state index < -0.39 is 5.41 Å². The number of nitrogens with one attached hydrogen (secondary N) is 1. The lowest BCUT2D eigenvalue weighted by atomic mass is 9.46. The number of hydrogen-bond donors (Lipinski definition) is 1. The van der Waals surface area contributed by atoms with Crippen molar-refractivity contribution in [3.05, 3.63) is 23.8 Å². The minimum atomic E-state index is -0.504. The molecule has 1 N–H and O–H groups in total. The predicted octanol–water partition coefficient (Wildman–Crippen LogP) is 4.11. The maximum absolute atomic E-state index is 12.4. The number of carbonyl (C=O) groups is 3. The molecule has 3 rings (SSSR count). The highest BCUT2D eigenvalue weighted by atomic mass is 16.6. The molecule has 7 nitrogen and oxygen atoms in total. The predicted molar refractivity (Wildman–Crippen MR) is 129 cm³/mol. The van der Waals surface area contributed by atoms with Crippen LogP contribution in [0.1, 0.15) is 73.6 Å². The topological polar surface area (TPSA) is 90.9 Å². The van der Waals surface area contributed by atoms with Gasteiger partial charge in [0.25, 0.3) is 0 Å². The van der Waals surface area contributed by atoms with Gasteiger partial charge in [-0.3, -0.25) is 9.59 Å². The largest absolute Gasteiger partial charge is 0.465 e. The molecule has 34 heavy (non-hydrogen) atoms. The number of ether oxygens (including phenoxy) is 3. The summed E-state index contributed by atoms with van der Waals surface area (Å²) in [6.45, 7) is 16.4. The van der Waals surface area contributed by atoms with Gasteiger partial charge < -0.3 is 19.5 Å². The molecule has 0 aromatic carbocycles. The first-order chi connectivity index (χ1) is 15.9. The van der Waals surface area contributed by atoms with Crippen LogP contribution in [0.15, 0.2) is 23.8 Å². The highest BCUT2D eigenvalue weighted by Gasteiger charge is 2.60. The maximum Gasteiger partial charge on any atom is 0.335 e. The Labute approximate surface area is 203 Å². The molecule has 3 aliphatic rings. The third-order valence-corrected chi connectivity index (χ3v) is 8.35. The van der Waals surface area contributed by atoms with Crippen molar-refractivity contribution in [2.24, 2.45) is 22.7 Å². The molecule has 2 unspecified atom stereocenters. The summed E-state index contributed by atoms with van der Waals surface area (Å²) in [6.07, 6.45) is 5.63. The molecule has 0 aromatic rings. The molecule has 1 aliphatic heterocycles. The molecule has 0 spiro atoms. The van der Waals surface area contributed by atoms with Crippen LogP contribution in [0.2, 0.25) is 0 Å². The van der Waals surface area contributed by atoms with Gasteiger partial charge in [-0.05, 0) is 55.4 Å². The third-order valence-electron chi connectivity index (χ3n) is 8.35. The van der Waals surface area contributed by atoms with Gasteiger partial charge in [0, 0.05) is 31.3 Å². The molecule has 0 radical (unpaired) electrons. The van der Waals surface area contributed by atoms with Crippen molar-refractivity contribution in [2.45, 2.75) is 91.8 Å². The Hall–Kier alpha value is -2.15. The molecule has 2 aliphatic carbocycles. The van der Waals surface area contributed by atoms with Crippen LogP contribution in [-0.2, 0) is 28.6 Å². The van der Waals surface area contributed by atoms with Crippen molar-refractivity contribution in [2.75, 3.05) is 13.2 Å². The van der Waals surface area contributed by atoms with Crippen molar-refractivity contribution < 1.29 is 28.6 Å². The van der Waals surface area contributed by atoms with Crippen molar-refractivity contribution in [3.8, 4) is 0 Å². The SMILES string of the molecule is C=C1CCC2[C@](C)(COC(C)=O)[C@H](OC(C)=O)CC[C@@]2(C)[C@@H]1CC(NC(C)C)C1=CCOC1=O. The van der Waals surface area contributed by atoms with Gasteiger partial charge in [0.1, 0.15) is 19.3 Å². The zero-order valence-electron chi connectivity index (χ0n) is 21.6. The fraction of sp³-hybridized carbons (Fsp3) is 0.741. The van der Waals surface area contributed by atoms with Crippen molar-refractivity contribution in [1.82, 2.24) is 5.32 Å². The molecule has 6 atom stereocenters. The molecule has 0 saturated heterocycles. The standard InChI is InChI=1S/C27H41NO6/c1-16(2)28-22(20-11-13-32-25(20)31)14-21-17(3)8-9-23-26(21,6)12-10-24(34-19(5)30)27(23,7)15-33-18(4)29/h11,16,21-24,28H,3,8-10,12-15H2,1-2,4-7H3/t21-,22?,23?,24-,26+,27+/m1/s1. The summed E-state index contributed by atoms with van der Waals surface area (Å²) < 4.78 is 16.6. The molecule has 0 bridgehead atoms. The molecule has 190 valence electrons. The van der Waals surface area contributed by atoms with E-state index in [1.165, 1.54) is 19.4 Å². The van der Waals surface area contributed by atoms with Crippen LogP contribution in [0, 0.1) is 22.7 Å². The van der Waals surface area contributed by atoms with Gasteiger partial charge in [-0.2, -0.15) is 0 Å². The molecule has 0 amide bonds. The summed E-state index contributed by atoms with van der Waals surface area (Å²) in [7, 11) is 0. The Morgan fingerprint density at radius 2 is 1.94 bits per heavy atom. The first kappa shape index (κ1) is 26.5. The van der Waals surface area contributed by atoms with E-state index in [0.717, 1.165) is 25.7 Å². The molecule has 0 aromatic heterocycles. The minimum Gasteiger partial charge on any atom is -0.465 e. The molecule has 7 heteroatoms. The normalized spacial score (nSPS) is 34.2. The van der Waals surface area contributed by atoms with Crippen LogP contribution in [0.4, 0.5) is 0 Å². The summed E-state index contributed by atoms with van der Waals surface area (Å²) in [6, 6.07) is 0.0759. The van der Waals surface area contributed by atoms with Gasteiger partial charge in [-0.1, -0.05) is 39.8 Å². The van der Waals surface area contributed by atoms with Crippen LogP contribution in [0.3, 0.4) is 0 Å². The molecular weight excluding hydrogens is 434 g/mol. The van der Waals surface area contributed by atoms with E-state index >= 15 is 0 Å². The van der Waals surface area contributed by atoms with E-state index in [2.05, 4.69) is 39.6 Å². The van der Waals surface area contributed by atoms with Crippen LogP contribution in [0.25, 0.3) is 0 Å². The maximum atomic E-state index is 12.4. The van der Waals surface area contributed by atoms with Crippen molar-refractivity contribution >= 4 is 17.9 Å². The highest BCUT2D eigenvalue weighted by Crippen LogP contribution is 2.62. The Balaban J connectivity index is 1.95. The lowest BCUT2D eigenvalue weighted by Crippen LogP contribution is -2.59. The smallest absolute Gasteiger partial charge is 0.335 e. The van der Waals surface area contributed by atoms with E-state index in [1.807, 2.05) is 6.08 Å². The van der Waals surface area contributed by atoms with Gasteiger partial charge in [0.05, 0.1) is 5.57 Å². The zero-order valence-corrected chi connectivity index (χ0v) is 21.6. The lowest BCUT2D eigenvalue weighted by molar-refractivity contribution is -0.191. The number of esters is 3. The Morgan fingerprint density at radius 1 is 1.24 bits per heavy atom. The number of carbonyl (C=O) groups excluding carboxylic acids is 3. The molecule has 2 saturated carbocycles. The highest BCUT2D eigenvalue weighted by molar-refractivity contribution is 5.91. The number of rotatable bonds is 8. The lowest BCUT2D eigenvalue weighted by Gasteiger charge is -2.60. The van der Waals surface area contributed by atoms with Gasteiger partial charge in [-0.15, -0.1) is 0 Å². The number of cyclic esters (lactones) is 1. The van der Waals surface area contributed by atoms with Gasteiger partial charge >= 0.3 is 17.9 Å². The molecule has 2 fully saturated rings. The summed E-state index contributed by atoms with van der Waals surface area (Å²) in [5.41, 5.74) is 1.25. The quantitative estimate of drug-likeness (QED) is 0.321. The number of fused-ring (bicyclic) bond motifs is 1. The molecule has 1 heterocycles. The van der Waals surface area contributed by atoms with E-state index in [9.17, 15) is 14.4 Å². The number of hydrogen-bond acceptors (Lipinski definition) is 7. The number of allylic oxidation sites excluding steroid dienone is 1. The van der Waals surface area contributed by atoms with Gasteiger partial charge in [-0.25, -0.2) is 4.79 Å². The second kappa shape index (κ2) is 10.2. The van der Waals surface area contributed by atoms with Gasteiger partial charge in [0.15, 0.2) is 0 Å². The van der Waals surface area contributed by atoms with Crippen LogP contribution in [0.5, 0.6) is 0 Å². The first-order valence-electron chi connectivity index (χ1n) is 12.5. The minimum absolute atomic E-state index is 0.127. The molecular formula is C27H41NO6. The fourth-order valence-corrected chi connectivity index (χ4v) is 6.83. The van der Waals surface area contributed by atoms with E-state index in [4.69, 9.17) is 14.2 Å². The second-order valence-corrected chi connectivity index (χ2v) is 11.1. The van der Waals surface area contributed by atoms with Gasteiger partial charge in [0.2, 0.25) is 0 Å². The Bertz CT molecular complexity index is 863. The monoisotopic (exact) mass is 475 g/mol. The van der Waals surface area contributed by atoms with Crippen molar-refractivity contribution in [3.63, 3.8) is 0 Å². The summed E-state index contributed by atoms with van der Waals surface area (Å²) in [5, 5.41) is 3.58. The van der Waals surface area contributed by atoms with Crippen molar-refractivity contribution in [1.29, 1.82) is 0 Å². The zero-order chi connectivity index (χ0) is 25.3. The fourth-order valence-electron chi connectivity index (χ4n) is 6.83. The van der Waals surface area contributed by atoms with E-state index in [-0.39, 0.29) is 60.0 Å². The van der Waals surface area contributed by atoms with E-state index in [0.29, 0.717) is 18.6 Å². The van der Waals surface area contributed by atoms with Crippen LogP contribution in [-0.4, -0.2) is 49.3 Å². The Morgan fingerprint density at radius 3 is 2.50 bits per heavy atom. The van der Waals surface area contributed by atoms with Crippen LogP contribution >= 0.6 is 0 Å². The second-order valence-electron chi connectivity index (χ2n) is 11.1.